The highest BCUT2D eigenvalue weighted by Gasteiger charge is 2.23. The molecule has 7 nitrogen and oxygen atoms in total. The summed E-state index contributed by atoms with van der Waals surface area (Å²) in [6.45, 7) is 12.1. The van der Waals surface area contributed by atoms with Crippen LogP contribution in [-0.4, -0.2) is 51.8 Å². The molecule has 30 heavy (non-hydrogen) atoms. The van der Waals surface area contributed by atoms with Crippen molar-refractivity contribution in [3.05, 3.63) is 46.9 Å². The van der Waals surface area contributed by atoms with Gasteiger partial charge in [0.15, 0.2) is 5.82 Å². The Labute approximate surface area is 178 Å². The lowest BCUT2D eigenvalue weighted by atomic mass is 10.1. The summed E-state index contributed by atoms with van der Waals surface area (Å²) < 4.78 is 2.25. The van der Waals surface area contributed by atoms with E-state index < -0.39 is 0 Å². The van der Waals surface area contributed by atoms with E-state index in [0.29, 0.717) is 25.6 Å². The molecule has 0 bridgehead atoms. The molecule has 1 amide bonds. The molecule has 1 aliphatic rings. The van der Waals surface area contributed by atoms with Gasteiger partial charge in [0.1, 0.15) is 11.6 Å². The number of amides is 1. The van der Waals surface area contributed by atoms with E-state index in [2.05, 4.69) is 52.6 Å². The van der Waals surface area contributed by atoms with Crippen LogP contribution in [0.15, 0.2) is 30.0 Å². The van der Waals surface area contributed by atoms with Crippen molar-refractivity contribution in [3.63, 3.8) is 0 Å². The maximum atomic E-state index is 13.1. The van der Waals surface area contributed by atoms with Crippen molar-refractivity contribution in [2.45, 2.75) is 40.7 Å². The van der Waals surface area contributed by atoms with Gasteiger partial charge in [-0.25, -0.2) is 0 Å². The van der Waals surface area contributed by atoms with Crippen molar-refractivity contribution < 1.29 is 4.79 Å². The van der Waals surface area contributed by atoms with Gasteiger partial charge >= 0.3 is 0 Å². The number of aryl methyl sites for hydroxylation is 1. The summed E-state index contributed by atoms with van der Waals surface area (Å²) in [5.74, 6) is 1.14. The van der Waals surface area contributed by atoms with Gasteiger partial charge in [-0.15, -0.1) is 5.10 Å². The van der Waals surface area contributed by atoms with Crippen molar-refractivity contribution in [2.75, 3.05) is 31.1 Å². The Balaban J connectivity index is 1.76. The molecule has 2 aromatic rings. The largest absolute Gasteiger partial charge is 0.353 e. The molecule has 0 atom stereocenters. The number of nitriles is 1. The minimum absolute atomic E-state index is 0.188. The van der Waals surface area contributed by atoms with Crippen molar-refractivity contribution in [1.29, 1.82) is 5.26 Å². The van der Waals surface area contributed by atoms with E-state index in [-0.39, 0.29) is 11.5 Å². The van der Waals surface area contributed by atoms with E-state index in [1.807, 2.05) is 19.1 Å². The predicted molar refractivity (Wildman–Crippen MR) is 118 cm³/mol. The molecular weight excluding hydrogens is 376 g/mol. The molecule has 7 heteroatoms. The molecule has 1 aliphatic heterocycles. The summed E-state index contributed by atoms with van der Waals surface area (Å²) in [6.07, 6.45) is 4.22. The van der Waals surface area contributed by atoms with Gasteiger partial charge in [-0.3, -0.25) is 4.79 Å². The van der Waals surface area contributed by atoms with Crippen LogP contribution in [0.5, 0.6) is 0 Å². The third-order valence-electron chi connectivity index (χ3n) is 5.48. The second-order valence-corrected chi connectivity index (χ2v) is 8.22. The summed E-state index contributed by atoms with van der Waals surface area (Å²) in [6, 6.07) is 7.98. The summed E-state index contributed by atoms with van der Waals surface area (Å²) in [7, 11) is 0. The van der Waals surface area contributed by atoms with Crippen LogP contribution in [0.2, 0.25) is 0 Å². The van der Waals surface area contributed by atoms with Crippen LogP contribution >= 0.6 is 0 Å². The third kappa shape index (κ3) is 4.88. The van der Waals surface area contributed by atoms with Crippen LogP contribution < -0.4 is 4.90 Å². The van der Waals surface area contributed by atoms with E-state index in [9.17, 15) is 10.1 Å². The van der Waals surface area contributed by atoms with Gasteiger partial charge in [-0.1, -0.05) is 13.8 Å². The molecule has 0 saturated carbocycles. The molecule has 1 fully saturated rings. The molecular formula is C23H30N6O. The zero-order chi connectivity index (χ0) is 21.7. The van der Waals surface area contributed by atoms with Gasteiger partial charge in [0, 0.05) is 50.3 Å². The summed E-state index contributed by atoms with van der Waals surface area (Å²) in [5.41, 5.74) is 3.36. The minimum Gasteiger partial charge on any atom is -0.353 e. The molecule has 0 unspecified atom stereocenters. The number of carbonyl (C=O) groups is 1. The standard InChI is InChI=1S/C23H30N6O/c1-17(2)16-29-18(3)13-20(19(29)4)14-21(15-24)23(30)28-10-6-9-27(11-12-28)22-7-5-8-25-26-22/h5,7-8,13-14,17H,6,9-12,16H2,1-4H3/b21-14-. The number of rotatable bonds is 5. The first kappa shape index (κ1) is 21.6. The maximum Gasteiger partial charge on any atom is 0.264 e. The summed E-state index contributed by atoms with van der Waals surface area (Å²) >= 11 is 0. The monoisotopic (exact) mass is 406 g/mol. The molecule has 0 aromatic carbocycles. The van der Waals surface area contributed by atoms with Crippen LogP contribution in [0.25, 0.3) is 6.08 Å². The Morgan fingerprint density at radius 3 is 2.73 bits per heavy atom. The Hall–Kier alpha value is -3.14. The van der Waals surface area contributed by atoms with Crippen LogP contribution in [0.3, 0.4) is 0 Å². The highest BCUT2D eigenvalue weighted by atomic mass is 16.2. The molecule has 158 valence electrons. The fourth-order valence-corrected chi connectivity index (χ4v) is 3.90. The first-order chi connectivity index (χ1) is 14.4. The first-order valence-electron chi connectivity index (χ1n) is 10.5. The maximum absolute atomic E-state index is 13.1. The topological polar surface area (TPSA) is 78.1 Å². The quantitative estimate of drug-likeness (QED) is 0.563. The molecule has 0 spiro atoms. The third-order valence-corrected chi connectivity index (χ3v) is 5.48. The number of hydrogen-bond acceptors (Lipinski definition) is 5. The number of hydrogen-bond donors (Lipinski definition) is 0. The number of nitrogens with zero attached hydrogens (tertiary/aromatic N) is 6. The first-order valence-corrected chi connectivity index (χ1v) is 10.5. The van der Waals surface area contributed by atoms with E-state index >= 15 is 0 Å². The second kappa shape index (κ2) is 9.57. The lowest BCUT2D eigenvalue weighted by molar-refractivity contribution is -0.126. The van der Waals surface area contributed by atoms with Gasteiger partial charge in [0.25, 0.3) is 5.91 Å². The number of aromatic nitrogens is 3. The molecule has 0 aliphatic carbocycles. The summed E-state index contributed by atoms with van der Waals surface area (Å²) in [5, 5.41) is 17.8. The van der Waals surface area contributed by atoms with Crippen LogP contribution in [0.1, 0.15) is 37.2 Å². The van der Waals surface area contributed by atoms with Gasteiger partial charge in [-0.05, 0) is 56.0 Å². The average molecular weight is 407 g/mol. The van der Waals surface area contributed by atoms with Crippen molar-refractivity contribution in [2.24, 2.45) is 5.92 Å². The zero-order valence-electron chi connectivity index (χ0n) is 18.3. The van der Waals surface area contributed by atoms with Crippen molar-refractivity contribution in [3.8, 4) is 6.07 Å². The van der Waals surface area contributed by atoms with Crippen molar-refractivity contribution >= 4 is 17.8 Å². The molecule has 0 radical (unpaired) electrons. The summed E-state index contributed by atoms with van der Waals surface area (Å²) in [4.78, 5) is 17.0. The number of anilines is 1. The molecule has 3 rings (SSSR count). The van der Waals surface area contributed by atoms with Gasteiger partial charge in [0.2, 0.25) is 0 Å². The van der Waals surface area contributed by atoms with E-state index in [4.69, 9.17) is 0 Å². The predicted octanol–water partition coefficient (Wildman–Crippen LogP) is 3.20. The van der Waals surface area contributed by atoms with Crippen LogP contribution in [0, 0.1) is 31.1 Å². The van der Waals surface area contributed by atoms with E-state index in [1.54, 1.807) is 17.2 Å². The van der Waals surface area contributed by atoms with Crippen LogP contribution in [0.4, 0.5) is 5.82 Å². The smallest absolute Gasteiger partial charge is 0.264 e. The Morgan fingerprint density at radius 1 is 1.27 bits per heavy atom. The van der Waals surface area contributed by atoms with Crippen molar-refractivity contribution in [1.82, 2.24) is 19.7 Å². The molecule has 2 aromatic heterocycles. The lowest BCUT2D eigenvalue weighted by Crippen LogP contribution is -2.36. The Kier molecular flexibility index (Phi) is 6.88. The van der Waals surface area contributed by atoms with E-state index in [0.717, 1.165) is 42.3 Å². The zero-order valence-corrected chi connectivity index (χ0v) is 18.3. The lowest BCUT2D eigenvalue weighted by Gasteiger charge is -2.22. The normalized spacial score (nSPS) is 15.3. The minimum atomic E-state index is -0.202. The highest BCUT2D eigenvalue weighted by Crippen LogP contribution is 2.21. The Morgan fingerprint density at radius 2 is 2.07 bits per heavy atom. The Bertz CT molecular complexity index is 954. The van der Waals surface area contributed by atoms with Gasteiger partial charge in [-0.2, -0.15) is 10.4 Å². The fourth-order valence-electron chi connectivity index (χ4n) is 3.90. The highest BCUT2D eigenvalue weighted by molar-refractivity contribution is 6.01. The van der Waals surface area contributed by atoms with E-state index in [1.165, 1.54) is 0 Å². The second-order valence-electron chi connectivity index (χ2n) is 8.22. The SMILES string of the molecule is Cc1cc(/C=C(/C#N)C(=O)N2CCCN(c3cccnn3)CC2)c(C)n1CC(C)C. The fraction of sp³-hybridized carbons (Fsp3) is 0.478. The molecule has 1 saturated heterocycles. The van der Waals surface area contributed by atoms with Crippen LogP contribution in [-0.2, 0) is 11.3 Å². The van der Waals surface area contributed by atoms with Gasteiger partial charge < -0.3 is 14.4 Å². The number of carbonyl (C=O) groups excluding carboxylic acids is 1. The van der Waals surface area contributed by atoms with Gasteiger partial charge in [0.05, 0.1) is 0 Å². The molecule has 3 heterocycles. The average Bonchev–Trinajstić information content (AvgIpc) is 2.92. The molecule has 0 N–H and O–H groups in total.